The lowest BCUT2D eigenvalue weighted by Crippen LogP contribution is -2.15. The van der Waals surface area contributed by atoms with E-state index in [0.717, 1.165) is 64.8 Å². The number of hydrogen-bond donors (Lipinski definition) is 1. The average molecular weight is 759 g/mol. The van der Waals surface area contributed by atoms with Gasteiger partial charge in [-0.15, -0.1) is 10.2 Å². The van der Waals surface area contributed by atoms with E-state index in [0.29, 0.717) is 39.5 Å². The molecule has 0 aliphatic rings. The number of pyridine rings is 1. The van der Waals surface area contributed by atoms with Crippen molar-refractivity contribution in [2.24, 2.45) is 10.2 Å². The van der Waals surface area contributed by atoms with Gasteiger partial charge in [0.05, 0.1) is 31.8 Å². The average Bonchev–Trinajstić information content (AvgIpc) is 3.85. The second-order valence-electron chi connectivity index (χ2n) is 13.9. The fourth-order valence-electron chi connectivity index (χ4n) is 7.18. The maximum Gasteiger partial charge on any atom is 0.213 e. The number of benzene rings is 4. The van der Waals surface area contributed by atoms with Crippen LogP contribution in [0.4, 0.5) is 39.6 Å². The van der Waals surface area contributed by atoms with E-state index in [1.165, 1.54) is 22.5 Å². The van der Waals surface area contributed by atoms with Gasteiger partial charge in [-0.25, -0.2) is 15.0 Å². The minimum atomic E-state index is 0.304. The zero-order valence-electron chi connectivity index (χ0n) is 31.8. The van der Waals surface area contributed by atoms with Crippen molar-refractivity contribution >= 4 is 82.8 Å². The first-order chi connectivity index (χ1) is 26.5. The third-order valence-electron chi connectivity index (χ3n) is 9.51. The predicted molar refractivity (Wildman–Crippen MR) is 225 cm³/mol. The summed E-state index contributed by atoms with van der Waals surface area (Å²) in [6.45, 7) is 16.5. The number of nitrogens with one attached hydrogen (secondary N) is 1. The number of nitriles is 1. The van der Waals surface area contributed by atoms with Crippen LogP contribution in [0.3, 0.4) is 0 Å². The van der Waals surface area contributed by atoms with Crippen molar-refractivity contribution in [3.05, 3.63) is 129 Å². The van der Waals surface area contributed by atoms with E-state index in [2.05, 4.69) is 88.2 Å². The van der Waals surface area contributed by atoms with Crippen molar-refractivity contribution in [2.45, 2.75) is 55.4 Å². The minimum Gasteiger partial charge on any atom is -0.338 e. The van der Waals surface area contributed by atoms with Crippen molar-refractivity contribution in [1.29, 1.82) is 5.26 Å². The molecule has 0 amide bonds. The van der Waals surface area contributed by atoms with E-state index < -0.39 is 0 Å². The van der Waals surface area contributed by atoms with Crippen LogP contribution in [-0.4, -0.2) is 24.7 Å². The summed E-state index contributed by atoms with van der Waals surface area (Å²) >= 11 is 3.10. The first kappa shape index (κ1) is 35.7. The first-order valence-corrected chi connectivity index (χ1v) is 19.5. The van der Waals surface area contributed by atoms with Crippen LogP contribution in [0.15, 0.2) is 89.1 Å². The summed E-state index contributed by atoms with van der Waals surface area (Å²) in [4.78, 5) is 17.4. The van der Waals surface area contributed by atoms with E-state index in [1.54, 1.807) is 22.9 Å². The van der Waals surface area contributed by atoms with Gasteiger partial charge in [0, 0.05) is 5.69 Å². The molecule has 0 aliphatic carbocycles. The third-order valence-corrected chi connectivity index (χ3v) is 11.5. The Labute approximate surface area is 327 Å². The van der Waals surface area contributed by atoms with Crippen LogP contribution in [0.1, 0.15) is 50.2 Å². The fourth-order valence-corrected chi connectivity index (χ4v) is 9.08. The largest absolute Gasteiger partial charge is 0.338 e. The number of aryl methyl sites for hydroxylation is 8. The Morgan fingerprint density at radius 3 is 1.91 bits per heavy atom. The Balaban J connectivity index is 1.34. The SMILES string of the molecule is Cc1cc(C)c(Nc2nc(N(c3nc4ccccc4s3)c3c(C)cc(C)cc3C)cc(C)c2N=Nc2c(C#N)c(C)nn2-c2nc3ccccc3s2)c(C)c1. The molecule has 4 aromatic heterocycles. The van der Waals surface area contributed by atoms with Gasteiger partial charge in [0.25, 0.3) is 0 Å². The number of thiazole rings is 2. The predicted octanol–water partition coefficient (Wildman–Crippen LogP) is 12.5. The van der Waals surface area contributed by atoms with Gasteiger partial charge in [-0.05, 0) is 114 Å². The van der Waals surface area contributed by atoms with Crippen molar-refractivity contribution in [2.75, 3.05) is 10.2 Å². The molecule has 8 aromatic rings. The Morgan fingerprint density at radius 2 is 1.29 bits per heavy atom. The fraction of sp³-hybridized carbons (Fsp3) is 0.186. The maximum atomic E-state index is 10.3. The Bertz CT molecular complexity index is 2760. The van der Waals surface area contributed by atoms with Gasteiger partial charge in [0.15, 0.2) is 16.8 Å². The van der Waals surface area contributed by atoms with Gasteiger partial charge in [-0.1, -0.05) is 82.3 Å². The van der Waals surface area contributed by atoms with Crippen molar-refractivity contribution in [1.82, 2.24) is 24.7 Å². The van der Waals surface area contributed by atoms with Gasteiger partial charge in [-0.2, -0.15) is 15.0 Å². The first-order valence-electron chi connectivity index (χ1n) is 17.9. The van der Waals surface area contributed by atoms with E-state index in [1.807, 2.05) is 55.5 Å². The molecule has 0 aliphatic heterocycles. The quantitative estimate of drug-likeness (QED) is 0.153. The molecule has 8 rings (SSSR count). The van der Waals surface area contributed by atoms with E-state index in [4.69, 9.17) is 30.3 Å². The summed E-state index contributed by atoms with van der Waals surface area (Å²) in [6.07, 6.45) is 0. The second-order valence-corrected chi connectivity index (χ2v) is 15.9. The molecule has 0 saturated carbocycles. The van der Waals surface area contributed by atoms with Gasteiger partial charge in [0.1, 0.15) is 23.1 Å². The number of anilines is 5. The van der Waals surface area contributed by atoms with Crippen molar-refractivity contribution < 1.29 is 0 Å². The summed E-state index contributed by atoms with van der Waals surface area (Å²) in [5.41, 5.74) is 12.7. The molecule has 12 heteroatoms. The van der Waals surface area contributed by atoms with Crippen LogP contribution >= 0.6 is 22.7 Å². The highest BCUT2D eigenvalue weighted by molar-refractivity contribution is 7.22. The number of rotatable bonds is 8. The lowest BCUT2D eigenvalue weighted by Gasteiger charge is -2.27. The van der Waals surface area contributed by atoms with E-state index >= 15 is 0 Å². The summed E-state index contributed by atoms with van der Waals surface area (Å²) in [5, 5.41) is 29.7. The third kappa shape index (κ3) is 6.62. The van der Waals surface area contributed by atoms with Crippen LogP contribution in [0.2, 0.25) is 0 Å². The molecule has 1 N–H and O–H groups in total. The molecule has 0 fully saturated rings. The van der Waals surface area contributed by atoms with Crippen molar-refractivity contribution in [3.8, 4) is 11.2 Å². The van der Waals surface area contributed by atoms with Gasteiger partial charge in [0.2, 0.25) is 5.13 Å². The summed E-state index contributed by atoms with van der Waals surface area (Å²) in [6, 6.07) is 29.1. The smallest absolute Gasteiger partial charge is 0.213 e. The maximum absolute atomic E-state index is 10.3. The van der Waals surface area contributed by atoms with Crippen LogP contribution < -0.4 is 10.2 Å². The van der Waals surface area contributed by atoms with Gasteiger partial charge in [-0.3, -0.25) is 4.90 Å². The summed E-state index contributed by atoms with van der Waals surface area (Å²) < 4.78 is 3.71. The van der Waals surface area contributed by atoms with Crippen LogP contribution in [0.25, 0.3) is 25.6 Å². The lowest BCUT2D eigenvalue weighted by molar-refractivity contribution is 0.848. The standard InChI is InChI=1S/C43H38N10S2/c1-23-17-25(3)37(26(4)18-23)48-40-38(49-50-41-31(22-44)30(8)51-53(41)43-46-33-14-10-12-16-35(33)55-43)27(5)21-36(47-40)52(39-28(6)19-24(2)20-29(39)7)42-45-32-13-9-11-15-34(32)54-42/h9-21H,1-8H3,(H,47,48). The minimum absolute atomic E-state index is 0.304. The molecular weight excluding hydrogens is 721 g/mol. The molecule has 0 radical (unpaired) electrons. The molecule has 4 aromatic carbocycles. The number of para-hydroxylation sites is 2. The number of fused-ring (bicyclic) bond motifs is 2. The second kappa shape index (κ2) is 14.2. The van der Waals surface area contributed by atoms with E-state index in [9.17, 15) is 5.26 Å². The molecule has 0 bridgehead atoms. The van der Waals surface area contributed by atoms with Crippen LogP contribution in [0.5, 0.6) is 0 Å². The molecule has 0 unspecified atom stereocenters. The van der Waals surface area contributed by atoms with Crippen molar-refractivity contribution in [3.63, 3.8) is 0 Å². The highest BCUT2D eigenvalue weighted by atomic mass is 32.1. The monoisotopic (exact) mass is 758 g/mol. The molecule has 10 nitrogen and oxygen atoms in total. The molecular formula is C43H38N10S2. The molecule has 0 atom stereocenters. The normalized spacial score (nSPS) is 11.5. The Kier molecular flexibility index (Phi) is 9.20. The van der Waals surface area contributed by atoms with Gasteiger partial charge >= 0.3 is 0 Å². The van der Waals surface area contributed by atoms with Crippen LogP contribution in [0, 0.1) is 66.7 Å². The molecule has 55 heavy (non-hydrogen) atoms. The number of nitrogens with zero attached hydrogens (tertiary/aromatic N) is 9. The highest BCUT2D eigenvalue weighted by Crippen LogP contribution is 2.45. The molecule has 4 heterocycles. The topological polar surface area (TPSA) is 120 Å². The summed E-state index contributed by atoms with van der Waals surface area (Å²) in [5.74, 6) is 1.50. The Morgan fingerprint density at radius 1 is 0.691 bits per heavy atom. The highest BCUT2D eigenvalue weighted by Gasteiger charge is 2.25. The molecule has 272 valence electrons. The molecule has 0 spiro atoms. The number of hydrogen-bond acceptors (Lipinski definition) is 11. The molecule has 0 saturated heterocycles. The number of aromatic nitrogens is 5. The van der Waals surface area contributed by atoms with Gasteiger partial charge < -0.3 is 5.32 Å². The summed E-state index contributed by atoms with van der Waals surface area (Å²) in [7, 11) is 0. The Hall–Kier alpha value is -6.29. The van der Waals surface area contributed by atoms with Crippen LogP contribution in [-0.2, 0) is 0 Å². The number of azo groups is 1. The zero-order chi connectivity index (χ0) is 38.5. The lowest BCUT2D eigenvalue weighted by atomic mass is 10.0. The zero-order valence-corrected chi connectivity index (χ0v) is 33.5. The van der Waals surface area contributed by atoms with E-state index in [-0.39, 0.29) is 0 Å².